The van der Waals surface area contributed by atoms with Gasteiger partial charge >= 0.3 is 0 Å². The number of carbonyl (C=O) groups is 2. The molecule has 4 rings (SSSR count). The van der Waals surface area contributed by atoms with Crippen molar-refractivity contribution in [2.75, 3.05) is 36.5 Å². The zero-order valence-electron chi connectivity index (χ0n) is 16.5. The highest BCUT2D eigenvalue weighted by atomic mass is 32.1. The number of piperidine rings is 1. The number of ether oxygens (including phenoxy) is 1. The number of nitrogens with zero attached hydrogens (tertiary/aromatic N) is 4. The highest BCUT2D eigenvalue weighted by Crippen LogP contribution is 2.30. The molecule has 2 amide bonds. The van der Waals surface area contributed by atoms with Gasteiger partial charge in [0.15, 0.2) is 5.82 Å². The average Bonchev–Trinajstić information content (AvgIpc) is 3.27. The molecule has 8 nitrogen and oxygen atoms in total. The lowest BCUT2D eigenvalue weighted by Crippen LogP contribution is -2.44. The van der Waals surface area contributed by atoms with E-state index in [0.29, 0.717) is 43.3 Å². The monoisotopic (exact) mass is 415 g/mol. The summed E-state index contributed by atoms with van der Waals surface area (Å²) in [6, 6.07) is 1.76. The SMILES string of the molecule is CCCOC1CCCN(C(=O)c2cnc3c(c2)N(Cc2cscn2)C(=O)CN3)C1. The second kappa shape index (κ2) is 8.87. The minimum Gasteiger partial charge on any atom is -0.376 e. The Morgan fingerprint density at radius 1 is 1.41 bits per heavy atom. The van der Waals surface area contributed by atoms with Crippen molar-refractivity contribution >= 4 is 34.7 Å². The Hall–Kier alpha value is -2.52. The number of fused-ring (bicyclic) bond motifs is 1. The zero-order chi connectivity index (χ0) is 20.2. The van der Waals surface area contributed by atoms with Gasteiger partial charge in [0.05, 0.1) is 41.6 Å². The van der Waals surface area contributed by atoms with Crippen LogP contribution in [0.1, 0.15) is 42.2 Å². The lowest BCUT2D eigenvalue weighted by Gasteiger charge is -2.33. The van der Waals surface area contributed by atoms with E-state index in [1.54, 1.807) is 22.7 Å². The third kappa shape index (κ3) is 4.40. The van der Waals surface area contributed by atoms with Gasteiger partial charge in [-0.1, -0.05) is 6.92 Å². The number of amides is 2. The lowest BCUT2D eigenvalue weighted by molar-refractivity contribution is -0.117. The summed E-state index contributed by atoms with van der Waals surface area (Å²) < 4.78 is 5.85. The van der Waals surface area contributed by atoms with Gasteiger partial charge in [-0.15, -0.1) is 11.3 Å². The van der Waals surface area contributed by atoms with Crippen molar-refractivity contribution in [1.82, 2.24) is 14.9 Å². The number of pyridine rings is 1. The molecule has 2 aromatic rings. The topological polar surface area (TPSA) is 87.7 Å². The van der Waals surface area contributed by atoms with Crippen LogP contribution >= 0.6 is 11.3 Å². The Kier molecular flexibility index (Phi) is 6.05. The van der Waals surface area contributed by atoms with Crippen molar-refractivity contribution in [3.05, 3.63) is 34.4 Å². The molecular weight excluding hydrogens is 390 g/mol. The van der Waals surface area contributed by atoms with E-state index in [1.807, 2.05) is 10.3 Å². The molecule has 2 aliphatic heterocycles. The van der Waals surface area contributed by atoms with E-state index < -0.39 is 0 Å². The average molecular weight is 416 g/mol. The standard InChI is InChI=1S/C20H25N5O3S/c1-2-6-28-16-4-3-5-24(11-16)20(27)14-7-17-19(21-8-14)22-9-18(26)25(17)10-15-12-29-13-23-15/h7-8,12-13,16H,2-6,9-11H2,1H3,(H,21,22). The fourth-order valence-electron chi connectivity index (χ4n) is 3.68. The zero-order valence-corrected chi connectivity index (χ0v) is 17.3. The molecule has 1 N–H and O–H groups in total. The van der Waals surface area contributed by atoms with Crippen molar-refractivity contribution in [2.45, 2.75) is 38.8 Å². The maximum Gasteiger partial charge on any atom is 0.255 e. The molecule has 0 spiro atoms. The van der Waals surface area contributed by atoms with Gasteiger partial charge in [-0.2, -0.15) is 0 Å². The number of hydrogen-bond donors (Lipinski definition) is 1. The summed E-state index contributed by atoms with van der Waals surface area (Å²) >= 11 is 1.49. The maximum absolute atomic E-state index is 13.1. The Morgan fingerprint density at radius 2 is 2.31 bits per heavy atom. The van der Waals surface area contributed by atoms with Crippen LogP contribution in [-0.2, 0) is 16.1 Å². The summed E-state index contributed by atoms with van der Waals surface area (Å²) in [5.74, 6) is 0.471. The minimum absolute atomic E-state index is 0.0668. The van der Waals surface area contributed by atoms with Crippen LogP contribution in [0.15, 0.2) is 23.2 Å². The van der Waals surface area contributed by atoms with Gasteiger partial charge in [-0.3, -0.25) is 9.59 Å². The first kappa shape index (κ1) is 19.8. The largest absolute Gasteiger partial charge is 0.376 e. The molecule has 0 radical (unpaired) electrons. The number of anilines is 2. The summed E-state index contributed by atoms with van der Waals surface area (Å²) in [6.45, 7) is 4.65. The molecule has 2 aromatic heterocycles. The van der Waals surface area contributed by atoms with E-state index >= 15 is 0 Å². The second-order valence-electron chi connectivity index (χ2n) is 7.29. The van der Waals surface area contributed by atoms with Crippen LogP contribution < -0.4 is 10.2 Å². The molecule has 1 unspecified atom stereocenters. The summed E-state index contributed by atoms with van der Waals surface area (Å²) in [4.78, 5) is 37.8. The fraction of sp³-hybridized carbons (Fsp3) is 0.500. The Balaban J connectivity index is 1.54. The third-order valence-corrected chi connectivity index (χ3v) is 5.78. The first-order valence-electron chi connectivity index (χ1n) is 9.98. The van der Waals surface area contributed by atoms with E-state index in [0.717, 1.165) is 25.0 Å². The van der Waals surface area contributed by atoms with Gasteiger partial charge in [-0.25, -0.2) is 9.97 Å². The first-order valence-corrected chi connectivity index (χ1v) is 10.9. The number of nitrogens with one attached hydrogen (secondary N) is 1. The third-order valence-electron chi connectivity index (χ3n) is 5.14. The predicted octanol–water partition coefficient (Wildman–Crippen LogP) is 2.53. The Morgan fingerprint density at radius 3 is 3.10 bits per heavy atom. The molecule has 154 valence electrons. The molecule has 1 saturated heterocycles. The lowest BCUT2D eigenvalue weighted by atomic mass is 10.1. The van der Waals surface area contributed by atoms with Crippen molar-refractivity contribution in [3.8, 4) is 0 Å². The fourth-order valence-corrected chi connectivity index (χ4v) is 4.23. The van der Waals surface area contributed by atoms with Crippen molar-refractivity contribution < 1.29 is 14.3 Å². The van der Waals surface area contributed by atoms with Crippen LogP contribution in [0, 0.1) is 0 Å². The van der Waals surface area contributed by atoms with Gasteiger partial charge in [0.25, 0.3) is 5.91 Å². The molecule has 0 bridgehead atoms. The predicted molar refractivity (Wildman–Crippen MR) is 111 cm³/mol. The molecule has 1 atom stereocenters. The van der Waals surface area contributed by atoms with Crippen LogP contribution in [0.2, 0.25) is 0 Å². The first-order chi connectivity index (χ1) is 14.2. The van der Waals surface area contributed by atoms with Crippen molar-refractivity contribution in [3.63, 3.8) is 0 Å². The van der Waals surface area contributed by atoms with E-state index in [9.17, 15) is 9.59 Å². The van der Waals surface area contributed by atoms with Gasteiger partial charge in [0.2, 0.25) is 5.91 Å². The summed E-state index contributed by atoms with van der Waals surface area (Å²) in [7, 11) is 0. The summed E-state index contributed by atoms with van der Waals surface area (Å²) in [6.07, 6.45) is 4.54. The van der Waals surface area contributed by atoms with Crippen molar-refractivity contribution in [1.29, 1.82) is 0 Å². The molecule has 9 heteroatoms. The molecule has 0 aromatic carbocycles. The number of rotatable bonds is 6. The Bertz CT molecular complexity index is 873. The number of aromatic nitrogens is 2. The normalized spacial score (nSPS) is 19.1. The van der Waals surface area contributed by atoms with Gasteiger partial charge in [-0.05, 0) is 25.3 Å². The molecule has 4 heterocycles. The molecule has 29 heavy (non-hydrogen) atoms. The van der Waals surface area contributed by atoms with E-state index in [1.165, 1.54) is 11.3 Å². The highest BCUT2D eigenvalue weighted by molar-refractivity contribution is 7.07. The van der Waals surface area contributed by atoms with Crippen molar-refractivity contribution in [2.24, 2.45) is 0 Å². The molecule has 0 aliphatic carbocycles. The molecule has 1 fully saturated rings. The number of likely N-dealkylation sites (tertiary alicyclic amines) is 1. The second-order valence-corrected chi connectivity index (χ2v) is 8.01. The van der Waals surface area contributed by atoms with Crippen LogP contribution in [0.4, 0.5) is 11.5 Å². The quantitative estimate of drug-likeness (QED) is 0.780. The van der Waals surface area contributed by atoms with E-state index in [-0.39, 0.29) is 24.5 Å². The van der Waals surface area contributed by atoms with Crippen LogP contribution in [0.5, 0.6) is 0 Å². The van der Waals surface area contributed by atoms with E-state index in [2.05, 4.69) is 22.2 Å². The van der Waals surface area contributed by atoms with Gasteiger partial charge in [0, 0.05) is 31.3 Å². The number of carbonyl (C=O) groups excluding carboxylic acids is 2. The summed E-state index contributed by atoms with van der Waals surface area (Å²) in [5.41, 5.74) is 3.67. The number of hydrogen-bond acceptors (Lipinski definition) is 7. The summed E-state index contributed by atoms with van der Waals surface area (Å²) in [5, 5.41) is 4.95. The molecule has 2 aliphatic rings. The number of thiazole rings is 1. The van der Waals surface area contributed by atoms with Crippen LogP contribution in [0.25, 0.3) is 0 Å². The van der Waals surface area contributed by atoms with E-state index in [4.69, 9.17) is 4.74 Å². The van der Waals surface area contributed by atoms with Gasteiger partial charge in [0.1, 0.15) is 0 Å². The molecular formula is C20H25N5O3S. The maximum atomic E-state index is 13.1. The Labute approximate surface area is 173 Å². The van der Waals surface area contributed by atoms with Crippen LogP contribution in [-0.4, -0.2) is 59.0 Å². The molecule has 0 saturated carbocycles. The highest BCUT2D eigenvalue weighted by Gasteiger charge is 2.29. The minimum atomic E-state index is -0.0725. The van der Waals surface area contributed by atoms with Crippen LogP contribution in [0.3, 0.4) is 0 Å². The van der Waals surface area contributed by atoms with Gasteiger partial charge < -0.3 is 19.9 Å². The smallest absolute Gasteiger partial charge is 0.255 e.